The van der Waals surface area contributed by atoms with Crippen LogP contribution in [0.5, 0.6) is 11.5 Å². The van der Waals surface area contributed by atoms with Gasteiger partial charge in [0.25, 0.3) is 0 Å². The normalized spacial score (nSPS) is 14.4. The number of benzene rings is 3. The van der Waals surface area contributed by atoms with Crippen molar-refractivity contribution < 1.29 is 28.2 Å². The van der Waals surface area contributed by atoms with Gasteiger partial charge in [-0.05, 0) is 47.7 Å². The molecule has 3 N–H and O–H groups in total. The zero-order valence-corrected chi connectivity index (χ0v) is 23.4. The number of aromatic nitrogens is 1. The molecule has 4 aromatic rings. The van der Waals surface area contributed by atoms with Crippen LogP contribution in [0, 0.1) is 17.1 Å². The van der Waals surface area contributed by atoms with Crippen molar-refractivity contribution in [1.29, 1.82) is 5.26 Å². The lowest BCUT2D eigenvalue weighted by Crippen LogP contribution is -2.16. The summed E-state index contributed by atoms with van der Waals surface area (Å²) in [5.74, 6) is 0.482. The van der Waals surface area contributed by atoms with Crippen molar-refractivity contribution in [2.24, 2.45) is 0 Å². The summed E-state index contributed by atoms with van der Waals surface area (Å²) in [5, 5.41) is 12.2. The summed E-state index contributed by atoms with van der Waals surface area (Å²) in [7, 11) is -4.26. The van der Waals surface area contributed by atoms with Crippen molar-refractivity contribution in [1.82, 2.24) is 10.3 Å². The molecule has 0 spiro atoms. The van der Waals surface area contributed by atoms with Gasteiger partial charge in [-0.25, -0.2) is 4.39 Å². The van der Waals surface area contributed by atoms with Gasteiger partial charge >= 0.3 is 7.60 Å². The highest BCUT2D eigenvalue weighted by Crippen LogP contribution is 2.43. The van der Waals surface area contributed by atoms with Crippen LogP contribution in [0.2, 0.25) is 5.02 Å². The minimum atomic E-state index is -4.26. The smallest absolute Gasteiger partial charge is 0.339 e. The van der Waals surface area contributed by atoms with Crippen LogP contribution in [-0.4, -0.2) is 21.1 Å². The van der Waals surface area contributed by atoms with Crippen molar-refractivity contribution in [3.8, 4) is 28.7 Å². The lowest BCUT2D eigenvalue weighted by Gasteiger charge is -2.20. The van der Waals surface area contributed by atoms with Crippen LogP contribution in [-0.2, 0) is 24.1 Å². The molecule has 3 aromatic carbocycles. The van der Waals surface area contributed by atoms with E-state index in [9.17, 15) is 18.7 Å². The number of ether oxygens (including phenoxy) is 2. The second kappa shape index (κ2) is 12.4. The van der Waals surface area contributed by atoms with Gasteiger partial charge in [-0.1, -0.05) is 48.0 Å². The van der Waals surface area contributed by atoms with Gasteiger partial charge in [-0.2, -0.15) is 5.26 Å². The SMILES string of the molecule is N#Cc1cncc(COc2cc(O[C@H]3CCc4c(-c5ccccc5F)cccc43)c(Cl)cc2CNCP(=O)(O)O)c1. The molecular weight excluding hydrogens is 568 g/mol. The molecule has 0 saturated heterocycles. The molecule has 1 heterocycles. The van der Waals surface area contributed by atoms with E-state index < -0.39 is 13.9 Å². The minimum absolute atomic E-state index is 0.0786. The fourth-order valence-corrected chi connectivity index (χ4v) is 5.52. The molecule has 210 valence electrons. The molecule has 0 bridgehead atoms. The zero-order valence-electron chi connectivity index (χ0n) is 21.8. The van der Waals surface area contributed by atoms with Crippen LogP contribution in [0.1, 0.15) is 40.3 Å². The van der Waals surface area contributed by atoms with Crippen LogP contribution in [0.3, 0.4) is 0 Å². The molecule has 5 rings (SSSR count). The van der Waals surface area contributed by atoms with Crippen molar-refractivity contribution in [2.75, 3.05) is 6.29 Å². The summed E-state index contributed by atoms with van der Waals surface area (Å²) in [6.07, 6.45) is 3.58. The van der Waals surface area contributed by atoms with Crippen molar-refractivity contribution in [3.05, 3.63) is 112 Å². The molecule has 0 amide bonds. The first-order valence-corrected chi connectivity index (χ1v) is 15.0. The summed E-state index contributed by atoms with van der Waals surface area (Å²) in [6.45, 7) is 0.169. The third kappa shape index (κ3) is 6.94. The zero-order chi connectivity index (χ0) is 29.0. The van der Waals surface area contributed by atoms with E-state index in [1.54, 1.807) is 36.5 Å². The van der Waals surface area contributed by atoms with E-state index in [4.69, 9.17) is 26.3 Å². The first-order chi connectivity index (χ1) is 19.7. The maximum absolute atomic E-state index is 14.6. The summed E-state index contributed by atoms with van der Waals surface area (Å²) >= 11 is 6.62. The summed E-state index contributed by atoms with van der Waals surface area (Å²) in [6, 6.07) is 19.4. The predicted molar refractivity (Wildman–Crippen MR) is 152 cm³/mol. The molecule has 0 radical (unpaired) electrons. The molecule has 1 aliphatic rings. The molecule has 11 heteroatoms. The van der Waals surface area contributed by atoms with Crippen molar-refractivity contribution in [2.45, 2.75) is 32.1 Å². The highest BCUT2D eigenvalue weighted by molar-refractivity contribution is 7.51. The third-order valence-electron chi connectivity index (χ3n) is 6.72. The highest BCUT2D eigenvalue weighted by atomic mass is 35.5. The summed E-state index contributed by atoms with van der Waals surface area (Å²) in [5.41, 5.74) is 4.98. The Labute approximate surface area is 241 Å². The van der Waals surface area contributed by atoms with Crippen LogP contribution in [0.25, 0.3) is 11.1 Å². The van der Waals surface area contributed by atoms with Gasteiger partial charge in [-0.15, -0.1) is 0 Å². The number of nitriles is 1. The van der Waals surface area contributed by atoms with Crippen LogP contribution in [0.4, 0.5) is 4.39 Å². The second-order valence-electron chi connectivity index (χ2n) is 9.62. The highest BCUT2D eigenvalue weighted by Gasteiger charge is 2.28. The van der Waals surface area contributed by atoms with Gasteiger partial charge in [0.2, 0.25) is 0 Å². The Kier molecular flexibility index (Phi) is 8.69. The lowest BCUT2D eigenvalue weighted by molar-refractivity contribution is 0.206. The monoisotopic (exact) mass is 593 g/mol. The maximum Gasteiger partial charge on any atom is 0.339 e. The van der Waals surface area contributed by atoms with Crippen LogP contribution >= 0.6 is 19.2 Å². The average Bonchev–Trinajstić information content (AvgIpc) is 3.36. The molecule has 0 saturated carbocycles. The number of fused-ring (bicyclic) bond motifs is 1. The number of pyridine rings is 1. The fraction of sp³-hybridized carbons (Fsp3) is 0.200. The predicted octanol–water partition coefficient (Wildman–Crippen LogP) is 6.28. The lowest BCUT2D eigenvalue weighted by atomic mass is 9.96. The van der Waals surface area contributed by atoms with E-state index in [0.29, 0.717) is 51.6 Å². The Hall–Kier alpha value is -3.77. The Bertz CT molecular complexity index is 1670. The molecule has 1 atom stereocenters. The van der Waals surface area contributed by atoms with Gasteiger partial charge < -0.3 is 24.6 Å². The number of halogens is 2. The van der Waals surface area contributed by atoms with E-state index in [2.05, 4.69) is 10.3 Å². The molecular formula is C30H26ClFN3O5P. The second-order valence-corrected chi connectivity index (χ2v) is 11.7. The topological polar surface area (TPSA) is 125 Å². The largest absolute Gasteiger partial charge is 0.488 e. The Morgan fingerprint density at radius 2 is 1.90 bits per heavy atom. The van der Waals surface area contributed by atoms with Gasteiger partial charge in [0.15, 0.2) is 0 Å². The summed E-state index contributed by atoms with van der Waals surface area (Å²) in [4.78, 5) is 22.5. The number of nitrogens with zero attached hydrogens (tertiary/aromatic N) is 2. The number of rotatable bonds is 10. The Morgan fingerprint density at radius 3 is 2.68 bits per heavy atom. The average molecular weight is 594 g/mol. The van der Waals surface area contributed by atoms with Gasteiger partial charge in [0.1, 0.15) is 36.1 Å². The molecule has 41 heavy (non-hydrogen) atoms. The minimum Gasteiger partial charge on any atom is -0.488 e. The van der Waals surface area contributed by atoms with Crippen molar-refractivity contribution in [3.63, 3.8) is 0 Å². The fourth-order valence-electron chi connectivity index (χ4n) is 4.89. The standard InChI is InChI=1S/C30H26ClFN3O5P/c31-26-11-21(16-35-18-41(36,37)38)29(39-17-20-10-19(13-33)14-34-15-20)12-30(26)40-28-9-8-23-22(5-3-6-25(23)28)24-4-1-2-7-27(24)32/h1-7,10-12,14-15,28,35H,8-9,16-18H2,(H2,36,37,38)/t28-/m0/s1. The van der Waals surface area contributed by atoms with E-state index in [-0.39, 0.29) is 25.1 Å². The maximum atomic E-state index is 14.6. The van der Waals surface area contributed by atoms with Crippen LogP contribution < -0.4 is 14.8 Å². The Balaban J connectivity index is 1.42. The van der Waals surface area contributed by atoms with E-state index in [1.807, 2.05) is 30.3 Å². The third-order valence-corrected chi connectivity index (χ3v) is 7.65. The first-order valence-electron chi connectivity index (χ1n) is 12.8. The van der Waals surface area contributed by atoms with Crippen molar-refractivity contribution >= 4 is 19.2 Å². The van der Waals surface area contributed by atoms with E-state index in [0.717, 1.165) is 16.7 Å². The van der Waals surface area contributed by atoms with Gasteiger partial charge in [0.05, 0.1) is 16.9 Å². The summed E-state index contributed by atoms with van der Waals surface area (Å²) < 4.78 is 38.4. The van der Waals surface area contributed by atoms with E-state index in [1.165, 1.54) is 12.3 Å². The first kappa shape index (κ1) is 28.7. The molecule has 0 aliphatic heterocycles. The van der Waals surface area contributed by atoms with Gasteiger partial charge in [-0.3, -0.25) is 9.55 Å². The number of nitrogens with one attached hydrogen (secondary N) is 1. The molecule has 1 aliphatic carbocycles. The molecule has 0 fully saturated rings. The number of hydrogen-bond donors (Lipinski definition) is 3. The Morgan fingerprint density at radius 1 is 1.10 bits per heavy atom. The molecule has 0 unspecified atom stereocenters. The molecule has 1 aromatic heterocycles. The number of hydrogen-bond acceptors (Lipinski definition) is 6. The molecule has 8 nitrogen and oxygen atoms in total. The van der Waals surface area contributed by atoms with E-state index >= 15 is 0 Å². The van der Waals surface area contributed by atoms with Gasteiger partial charge in [0, 0.05) is 41.7 Å². The quantitative estimate of drug-likeness (QED) is 0.183. The van der Waals surface area contributed by atoms with Crippen LogP contribution in [0.15, 0.2) is 73.1 Å².